The zero-order valence-corrected chi connectivity index (χ0v) is 8.47. The molecule has 0 bridgehead atoms. The predicted octanol–water partition coefficient (Wildman–Crippen LogP) is 0.552. The van der Waals surface area contributed by atoms with Gasteiger partial charge in [0.2, 0.25) is 0 Å². The number of aliphatic carboxylic acids is 1. The predicted molar refractivity (Wildman–Crippen MR) is 55.2 cm³/mol. The summed E-state index contributed by atoms with van der Waals surface area (Å²) in [5, 5.41) is 12.0. The summed E-state index contributed by atoms with van der Waals surface area (Å²) in [6.45, 7) is 5.46. The fourth-order valence-electron chi connectivity index (χ4n) is 1.11. The molecule has 0 amide bonds. The van der Waals surface area contributed by atoms with Crippen LogP contribution in [-0.2, 0) is 10.3 Å². The fraction of sp³-hybridized carbons (Fsp3) is 0.300. The van der Waals surface area contributed by atoms with Crippen LogP contribution >= 0.6 is 0 Å². The summed E-state index contributed by atoms with van der Waals surface area (Å²) in [7, 11) is 0. The topological polar surface area (TPSA) is 75.1 Å². The van der Waals surface area contributed by atoms with Crippen molar-refractivity contribution in [1.29, 1.82) is 0 Å². The van der Waals surface area contributed by atoms with Gasteiger partial charge in [0.1, 0.15) is 0 Å². The number of hydrogen-bond acceptors (Lipinski definition) is 4. The van der Waals surface area contributed by atoms with Crippen molar-refractivity contribution in [2.75, 3.05) is 6.54 Å². The molecular weight excluding hydrogens is 194 g/mol. The molecule has 0 fully saturated rings. The first-order chi connectivity index (χ1) is 7.11. The molecule has 1 aromatic heterocycles. The molecule has 0 aliphatic rings. The number of carbonyl (C=O) groups is 1. The van der Waals surface area contributed by atoms with Crippen LogP contribution in [0.5, 0.6) is 0 Å². The van der Waals surface area contributed by atoms with Gasteiger partial charge in [-0.05, 0) is 6.92 Å². The van der Waals surface area contributed by atoms with Gasteiger partial charge in [-0.15, -0.1) is 6.58 Å². The maximum atomic E-state index is 11.2. The average molecular weight is 207 g/mol. The highest BCUT2D eigenvalue weighted by molar-refractivity contribution is 5.79. The van der Waals surface area contributed by atoms with Crippen LogP contribution in [0.3, 0.4) is 0 Å². The van der Waals surface area contributed by atoms with Crippen LogP contribution in [0.15, 0.2) is 31.2 Å². The van der Waals surface area contributed by atoms with E-state index in [0.717, 1.165) is 0 Å². The summed E-state index contributed by atoms with van der Waals surface area (Å²) in [4.78, 5) is 19.0. The smallest absolute Gasteiger partial charge is 0.329 e. The molecule has 0 aliphatic heterocycles. The van der Waals surface area contributed by atoms with Gasteiger partial charge in [0.25, 0.3) is 0 Å². The highest BCUT2D eigenvalue weighted by Gasteiger charge is 2.35. The van der Waals surface area contributed by atoms with Crippen LogP contribution in [-0.4, -0.2) is 27.6 Å². The molecule has 1 unspecified atom stereocenters. The molecule has 1 rings (SSSR count). The highest BCUT2D eigenvalue weighted by Crippen LogP contribution is 2.17. The van der Waals surface area contributed by atoms with E-state index in [-0.39, 0.29) is 0 Å². The number of nitrogens with one attached hydrogen (secondary N) is 1. The summed E-state index contributed by atoms with van der Waals surface area (Å²) in [5.41, 5.74) is -0.859. The lowest BCUT2D eigenvalue weighted by molar-refractivity contribution is -0.144. The van der Waals surface area contributed by atoms with Crippen molar-refractivity contribution in [1.82, 2.24) is 15.3 Å². The summed E-state index contributed by atoms with van der Waals surface area (Å²) in [6, 6.07) is 0. The third kappa shape index (κ3) is 2.38. The maximum absolute atomic E-state index is 11.2. The van der Waals surface area contributed by atoms with Crippen molar-refractivity contribution in [2.45, 2.75) is 12.5 Å². The van der Waals surface area contributed by atoms with E-state index < -0.39 is 11.5 Å². The maximum Gasteiger partial charge on any atom is 0.329 e. The molecule has 5 nitrogen and oxygen atoms in total. The van der Waals surface area contributed by atoms with Crippen molar-refractivity contribution >= 4 is 5.97 Å². The first kappa shape index (κ1) is 11.3. The van der Waals surface area contributed by atoms with Crippen molar-refractivity contribution < 1.29 is 9.90 Å². The van der Waals surface area contributed by atoms with Gasteiger partial charge in [-0.25, -0.2) is 4.79 Å². The Bertz CT molecular complexity index is 353. The van der Waals surface area contributed by atoms with E-state index in [1.165, 1.54) is 18.6 Å². The van der Waals surface area contributed by atoms with Crippen LogP contribution in [0.1, 0.15) is 12.6 Å². The monoisotopic (exact) mass is 207 g/mol. The van der Waals surface area contributed by atoms with Crippen LogP contribution in [0.2, 0.25) is 0 Å². The summed E-state index contributed by atoms with van der Waals surface area (Å²) in [6.07, 6.45) is 5.99. The lowest BCUT2D eigenvalue weighted by Gasteiger charge is -2.24. The molecule has 0 spiro atoms. The number of carboxylic acids is 1. The third-order valence-corrected chi connectivity index (χ3v) is 2.10. The second kappa shape index (κ2) is 4.65. The molecule has 0 aromatic carbocycles. The van der Waals surface area contributed by atoms with Gasteiger partial charge in [0.05, 0.1) is 11.9 Å². The Morgan fingerprint density at radius 3 is 2.93 bits per heavy atom. The molecule has 0 saturated heterocycles. The second-order valence-corrected chi connectivity index (χ2v) is 3.19. The SMILES string of the molecule is C=CCNC(C)(C(=O)O)c1cnccn1. The highest BCUT2D eigenvalue weighted by atomic mass is 16.4. The standard InChI is InChI=1S/C10H13N3O2/c1-3-4-13-10(2,9(14)15)8-7-11-5-6-12-8/h3,5-7,13H,1,4H2,2H3,(H,14,15). The quantitative estimate of drug-likeness (QED) is 0.690. The Kier molecular flexibility index (Phi) is 3.51. The van der Waals surface area contributed by atoms with E-state index in [0.29, 0.717) is 12.2 Å². The molecule has 5 heteroatoms. The zero-order chi connectivity index (χ0) is 11.3. The first-order valence-electron chi connectivity index (χ1n) is 4.47. The Balaban J connectivity index is 3.01. The Morgan fingerprint density at radius 1 is 1.73 bits per heavy atom. The van der Waals surface area contributed by atoms with Gasteiger partial charge < -0.3 is 5.11 Å². The van der Waals surface area contributed by atoms with Crippen LogP contribution in [0.25, 0.3) is 0 Å². The lowest BCUT2D eigenvalue weighted by atomic mass is 9.98. The minimum absolute atomic E-state index is 0.374. The minimum atomic E-state index is -1.23. The van der Waals surface area contributed by atoms with Crippen LogP contribution in [0, 0.1) is 0 Å². The van der Waals surface area contributed by atoms with Crippen molar-refractivity contribution in [3.05, 3.63) is 36.9 Å². The van der Waals surface area contributed by atoms with E-state index in [9.17, 15) is 4.79 Å². The molecule has 0 radical (unpaired) electrons. The van der Waals surface area contributed by atoms with Gasteiger partial charge in [0, 0.05) is 18.9 Å². The van der Waals surface area contributed by atoms with Crippen molar-refractivity contribution in [2.24, 2.45) is 0 Å². The van der Waals surface area contributed by atoms with Crippen molar-refractivity contribution in [3.63, 3.8) is 0 Å². The third-order valence-electron chi connectivity index (χ3n) is 2.10. The molecule has 15 heavy (non-hydrogen) atoms. The Labute approximate surface area is 87.9 Å². The molecular formula is C10H13N3O2. The van der Waals surface area contributed by atoms with Crippen LogP contribution in [0.4, 0.5) is 0 Å². The van der Waals surface area contributed by atoms with E-state index in [1.807, 2.05) is 0 Å². The van der Waals surface area contributed by atoms with Gasteiger partial charge in [0.15, 0.2) is 5.54 Å². The van der Waals surface area contributed by atoms with Gasteiger partial charge in [-0.1, -0.05) is 6.08 Å². The van der Waals surface area contributed by atoms with E-state index in [2.05, 4.69) is 21.9 Å². The van der Waals surface area contributed by atoms with E-state index in [1.54, 1.807) is 13.0 Å². The van der Waals surface area contributed by atoms with Gasteiger partial charge in [-0.3, -0.25) is 15.3 Å². The number of rotatable bonds is 5. The summed E-state index contributed by atoms with van der Waals surface area (Å²) < 4.78 is 0. The fourth-order valence-corrected chi connectivity index (χ4v) is 1.11. The molecule has 2 N–H and O–H groups in total. The Hall–Kier alpha value is -1.75. The first-order valence-corrected chi connectivity index (χ1v) is 4.47. The van der Waals surface area contributed by atoms with Crippen molar-refractivity contribution in [3.8, 4) is 0 Å². The van der Waals surface area contributed by atoms with Gasteiger partial charge >= 0.3 is 5.97 Å². The largest absolute Gasteiger partial charge is 0.480 e. The average Bonchev–Trinajstić information content (AvgIpc) is 2.27. The van der Waals surface area contributed by atoms with Crippen LogP contribution < -0.4 is 5.32 Å². The minimum Gasteiger partial charge on any atom is -0.480 e. The molecule has 1 heterocycles. The number of nitrogens with zero attached hydrogens (tertiary/aromatic N) is 2. The molecule has 1 atom stereocenters. The van der Waals surface area contributed by atoms with E-state index >= 15 is 0 Å². The van der Waals surface area contributed by atoms with Gasteiger partial charge in [-0.2, -0.15) is 0 Å². The number of carboxylic acid groups (broad SMARTS) is 1. The second-order valence-electron chi connectivity index (χ2n) is 3.19. The van der Waals surface area contributed by atoms with E-state index in [4.69, 9.17) is 5.11 Å². The molecule has 1 aromatic rings. The molecule has 80 valence electrons. The lowest BCUT2D eigenvalue weighted by Crippen LogP contribution is -2.47. The normalized spacial score (nSPS) is 14.2. The Morgan fingerprint density at radius 2 is 2.47 bits per heavy atom. The summed E-state index contributed by atoms with van der Waals surface area (Å²) in [5.74, 6) is -0.996. The number of hydrogen-bond donors (Lipinski definition) is 2. The summed E-state index contributed by atoms with van der Waals surface area (Å²) >= 11 is 0. The zero-order valence-electron chi connectivity index (χ0n) is 8.47. The molecule has 0 saturated carbocycles. The number of aromatic nitrogens is 2. The molecule has 0 aliphatic carbocycles.